The van der Waals surface area contributed by atoms with Gasteiger partial charge in [0.25, 0.3) is 5.91 Å². The van der Waals surface area contributed by atoms with Crippen LogP contribution in [-0.4, -0.2) is 23.4 Å². The zero-order valence-electron chi connectivity index (χ0n) is 9.34. The van der Waals surface area contributed by atoms with Gasteiger partial charge in [0, 0.05) is 16.2 Å². The summed E-state index contributed by atoms with van der Waals surface area (Å²) in [6, 6.07) is 2.96. The topological polar surface area (TPSA) is 20.3 Å². The molecule has 0 radical (unpaired) electrons. The molecular weight excluding hydrogens is 355 g/mol. The van der Waals surface area contributed by atoms with Crippen molar-refractivity contribution in [2.75, 3.05) is 6.54 Å². The Morgan fingerprint density at radius 2 is 2.29 bits per heavy atom. The first-order chi connectivity index (χ1) is 8.00. The second kappa shape index (κ2) is 5.10. The number of carbonyl (C=O) groups is 1. The Bertz CT molecular complexity index is 466. The number of amides is 1. The van der Waals surface area contributed by atoms with Crippen molar-refractivity contribution in [3.05, 3.63) is 32.1 Å². The van der Waals surface area contributed by atoms with Crippen LogP contribution in [0.4, 0.5) is 4.39 Å². The van der Waals surface area contributed by atoms with E-state index in [1.54, 1.807) is 4.90 Å². The highest BCUT2D eigenvalue weighted by molar-refractivity contribution is 14.1. The molecule has 0 aliphatic carbocycles. The molecule has 1 fully saturated rings. The molecule has 0 bridgehead atoms. The van der Waals surface area contributed by atoms with Crippen molar-refractivity contribution in [3.63, 3.8) is 0 Å². The zero-order chi connectivity index (χ0) is 12.6. The summed E-state index contributed by atoms with van der Waals surface area (Å²) >= 11 is 7.80. The Balaban J connectivity index is 2.34. The van der Waals surface area contributed by atoms with Crippen molar-refractivity contribution in [1.29, 1.82) is 0 Å². The van der Waals surface area contributed by atoms with Crippen LogP contribution in [0.2, 0.25) is 5.02 Å². The van der Waals surface area contributed by atoms with Crippen LogP contribution in [0.5, 0.6) is 0 Å². The minimum atomic E-state index is -0.387. The summed E-state index contributed by atoms with van der Waals surface area (Å²) in [6.07, 6.45) is 2.03. The highest BCUT2D eigenvalue weighted by Crippen LogP contribution is 2.26. The predicted octanol–water partition coefficient (Wildman–Crippen LogP) is 3.71. The fourth-order valence-electron chi connectivity index (χ4n) is 2.08. The third kappa shape index (κ3) is 2.57. The molecule has 92 valence electrons. The number of likely N-dealkylation sites (tertiary alicyclic amines) is 1. The lowest BCUT2D eigenvalue weighted by atomic mass is 10.1. The van der Waals surface area contributed by atoms with E-state index in [-0.39, 0.29) is 22.8 Å². The lowest BCUT2D eigenvalue weighted by Gasteiger charge is -2.22. The molecule has 1 aliphatic rings. The van der Waals surface area contributed by atoms with Gasteiger partial charge in [-0.3, -0.25) is 4.79 Å². The number of rotatable bonds is 1. The Morgan fingerprint density at radius 3 is 2.88 bits per heavy atom. The van der Waals surface area contributed by atoms with E-state index in [4.69, 9.17) is 11.6 Å². The van der Waals surface area contributed by atoms with Crippen LogP contribution in [0.3, 0.4) is 0 Å². The van der Waals surface area contributed by atoms with Crippen molar-refractivity contribution in [2.45, 2.75) is 25.8 Å². The van der Waals surface area contributed by atoms with Gasteiger partial charge < -0.3 is 4.90 Å². The molecule has 1 unspecified atom stereocenters. The summed E-state index contributed by atoms with van der Waals surface area (Å²) in [4.78, 5) is 14.1. The fourth-order valence-corrected chi connectivity index (χ4v) is 2.77. The molecule has 1 aromatic carbocycles. The van der Waals surface area contributed by atoms with Crippen LogP contribution in [0.15, 0.2) is 12.1 Å². The number of benzene rings is 1. The number of halogens is 3. The van der Waals surface area contributed by atoms with Gasteiger partial charge in [0.15, 0.2) is 0 Å². The van der Waals surface area contributed by atoms with Crippen LogP contribution in [0.1, 0.15) is 30.1 Å². The maximum absolute atomic E-state index is 13.3. The van der Waals surface area contributed by atoms with Crippen molar-refractivity contribution >= 4 is 40.1 Å². The number of hydrogen-bond acceptors (Lipinski definition) is 1. The molecule has 1 aliphatic heterocycles. The first-order valence-corrected chi connectivity index (χ1v) is 6.92. The van der Waals surface area contributed by atoms with Crippen LogP contribution >= 0.6 is 34.2 Å². The quantitative estimate of drug-likeness (QED) is 0.547. The average Bonchev–Trinajstić information content (AvgIpc) is 2.69. The summed E-state index contributed by atoms with van der Waals surface area (Å²) in [6.45, 7) is 2.78. The van der Waals surface area contributed by atoms with E-state index >= 15 is 0 Å². The second-order valence-corrected chi connectivity index (χ2v) is 5.81. The molecule has 1 amide bonds. The Morgan fingerprint density at radius 1 is 1.59 bits per heavy atom. The molecule has 1 aromatic rings. The monoisotopic (exact) mass is 367 g/mol. The van der Waals surface area contributed by atoms with Gasteiger partial charge in [-0.1, -0.05) is 11.6 Å². The maximum atomic E-state index is 13.3. The van der Waals surface area contributed by atoms with E-state index in [1.807, 2.05) is 29.5 Å². The first-order valence-electron chi connectivity index (χ1n) is 5.46. The van der Waals surface area contributed by atoms with Crippen LogP contribution < -0.4 is 0 Å². The highest BCUT2D eigenvalue weighted by Gasteiger charge is 2.27. The van der Waals surface area contributed by atoms with Crippen molar-refractivity contribution in [3.8, 4) is 0 Å². The molecular formula is C12H12ClFINO. The van der Waals surface area contributed by atoms with Gasteiger partial charge in [-0.15, -0.1) is 0 Å². The van der Waals surface area contributed by atoms with Gasteiger partial charge in [-0.2, -0.15) is 0 Å². The van der Waals surface area contributed by atoms with Crippen molar-refractivity contribution in [2.24, 2.45) is 0 Å². The van der Waals surface area contributed by atoms with E-state index < -0.39 is 0 Å². The summed E-state index contributed by atoms with van der Waals surface area (Å²) in [5, 5.41) is 0.187. The molecule has 0 N–H and O–H groups in total. The third-order valence-electron chi connectivity index (χ3n) is 3.05. The molecule has 2 rings (SSSR count). The highest BCUT2D eigenvalue weighted by atomic mass is 127. The van der Waals surface area contributed by atoms with Gasteiger partial charge in [0.1, 0.15) is 5.82 Å². The van der Waals surface area contributed by atoms with Crippen molar-refractivity contribution < 1.29 is 9.18 Å². The van der Waals surface area contributed by atoms with Gasteiger partial charge in [0.05, 0.1) is 10.6 Å². The zero-order valence-corrected chi connectivity index (χ0v) is 12.3. The van der Waals surface area contributed by atoms with Gasteiger partial charge in [-0.25, -0.2) is 4.39 Å². The third-order valence-corrected chi connectivity index (χ3v) is 4.19. The molecule has 17 heavy (non-hydrogen) atoms. The molecule has 0 spiro atoms. The minimum Gasteiger partial charge on any atom is -0.336 e. The number of carbonyl (C=O) groups excluding carboxylic acids is 1. The van der Waals surface area contributed by atoms with Crippen LogP contribution in [-0.2, 0) is 0 Å². The van der Waals surface area contributed by atoms with E-state index in [9.17, 15) is 9.18 Å². The lowest BCUT2D eigenvalue weighted by Crippen LogP contribution is -2.33. The molecule has 5 heteroatoms. The fraction of sp³-hybridized carbons (Fsp3) is 0.417. The Kier molecular flexibility index (Phi) is 3.92. The summed E-state index contributed by atoms with van der Waals surface area (Å²) < 4.78 is 13.7. The molecule has 1 heterocycles. The van der Waals surface area contributed by atoms with E-state index in [0.29, 0.717) is 9.13 Å². The van der Waals surface area contributed by atoms with Gasteiger partial charge in [-0.05, 0) is 54.5 Å². The normalized spacial score (nSPS) is 19.8. The number of nitrogens with zero attached hydrogens (tertiary/aromatic N) is 1. The molecule has 0 saturated carbocycles. The average molecular weight is 368 g/mol. The van der Waals surface area contributed by atoms with Gasteiger partial charge in [0.2, 0.25) is 0 Å². The maximum Gasteiger partial charge on any atom is 0.255 e. The first kappa shape index (κ1) is 13.1. The summed E-state index contributed by atoms with van der Waals surface area (Å²) in [5.41, 5.74) is 0.395. The second-order valence-electron chi connectivity index (χ2n) is 4.24. The van der Waals surface area contributed by atoms with E-state index in [0.717, 1.165) is 19.4 Å². The Labute approximate surface area is 118 Å². The smallest absolute Gasteiger partial charge is 0.255 e. The SMILES string of the molecule is CC1CCCN1C(=O)c1cc(I)c(F)cc1Cl. The molecule has 0 aromatic heterocycles. The van der Waals surface area contributed by atoms with E-state index in [2.05, 4.69) is 0 Å². The van der Waals surface area contributed by atoms with Crippen LogP contribution in [0.25, 0.3) is 0 Å². The minimum absolute atomic E-state index is 0.0992. The van der Waals surface area contributed by atoms with E-state index in [1.165, 1.54) is 12.1 Å². The summed E-state index contributed by atoms with van der Waals surface area (Å²) in [7, 11) is 0. The lowest BCUT2D eigenvalue weighted by molar-refractivity contribution is 0.0747. The van der Waals surface area contributed by atoms with Crippen LogP contribution in [0, 0.1) is 9.39 Å². The Hall–Kier alpha value is -0.360. The van der Waals surface area contributed by atoms with Gasteiger partial charge >= 0.3 is 0 Å². The molecule has 1 saturated heterocycles. The van der Waals surface area contributed by atoms with Crippen molar-refractivity contribution in [1.82, 2.24) is 4.90 Å². The predicted molar refractivity (Wildman–Crippen MR) is 73.9 cm³/mol. The molecule has 1 atom stereocenters. The largest absolute Gasteiger partial charge is 0.336 e. The number of hydrogen-bond donors (Lipinski definition) is 0. The standard InChI is InChI=1S/C12H12ClFINO/c1-7-3-2-4-16(7)12(17)8-5-11(15)10(14)6-9(8)13/h5-7H,2-4H2,1H3. The summed E-state index contributed by atoms with van der Waals surface area (Å²) in [5.74, 6) is -0.487. The molecule has 2 nitrogen and oxygen atoms in total.